The number of nitrogens with zero attached hydrogens (tertiary/aromatic N) is 3. The van der Waals surface area contributed by atoms with Crippen LogP contribution in [0.2, 0.25) is 0 Å². The summed E-state index contributed by atoms with van der Waals surface area (Å²) in [6, 6.07) is 8.39. The quantitative estimate of drug-likeness (QED) is 0.798. The van der Waals surface area contributed by atoms with E-state index in [1.54, 1.807) is 6.26 Å². The highest BCUT2D eigenvalue weighted by Gasteiger charge is 2.20. The van der Waals surface area contributed by atoms with Crippen LogP contribution in [0.15, 0.2) is 41.1 Å². The van der Waals surface area contributed by atoms with Crippen molar-refractivity contribution in [2.45, 2.75) is 31.8 Å². The van der Waals surface area contributed by atoms with Crippen LogP contribution in [-0.2, 0) is 13.0 Å². The molecule has 108 valence electrons. The topological polar surface area (TPSA) is 55.9 Å². The Morgan fingerprint density at radius 2 is 2.33 bits per heavy atom. The summed E-state index contributed by atoms with van der Waals surface area (Å²) in [5, 5.41) is 3.54. The molecule has 4 rings (SSSR count). The molecule has 0 spiro atoms. The third kappa shape index (κ3) is 2.45. The lowest BCUT2D eigenvalue weighted by molar-refractivity contribution is 0.485. The summed E-state index contributed by atoms with van der Waals surface area (Å²) >= 11 is 0. The van der Waals surface area contributed by atoms with E-state index < -0.39 is 0 Å². The summed E-state index contributed by atoms with van der Waals surface area (Å²) in [5.74, 6) is 2.01. The van der Waals surface area contributed by atoms with Crippen LogP contribution in [0.5, 0.6) is 0 Å². The van der Waals surface area contributed by atoms with Crippen LogP contribution < -0.4 is 5.32 Å². The first kappa shape index (κ1) is 12.6. The second-order valence-corrected chi connectivity index (χ2v) is 5.54. The minimum absolute atomic E-state index is 0.525. The number of pyridine rings is 1. The maximum atomic E-state index is 5.49. The van der Waals surface area contributed by atoms with Gasteiger partial charge in [-0.2, -0.15) is 0 Å². The van der Waals surface area contributed by atoms with E-state index in [0.29, 0.717) is 12.6 Å². The fourth-order valence-corrected chi connectivity index (χ4v) is 3.04. The fourth-order valence-electron chi connectivity index (χ4n) is 3.04. The van der Waals surface area contributed by atoms with Crippen LogP contribution in [0, 0.1) is 0 Å². The van der Waals surface area contributed by atoms with Crippen molar-refractivity contribution in [2.24, 2.45) is 0 Å². The van der Waals surface area contributed by atoms with Crippen LogP contribution in [0.1, 0.15) is 24.4 Å². The number of furan rings is 1. The van der Waals surface area contributed by atoms with Gasteiger partial charge in [0.1, 0.15) is 17.1 Å². The van der Waals surface area contributed by atoms with Gasteiger partial charge in [-0.25, -0.2) is 9.97 Å². The SMILES string of the molecule is c1coc(Cn2c(CC3CCCN3)nc3cccnc32)c1. The van der Waals surface area contributed by atoms with E-state index >= 15 is 0 Å². The number of hydrogen-bond donors (Lipinski definition) is 1. The van der Waals surface area contributed by atoms with E-state index in [1.165, 1.54) is 12.8 Å². The average Bonchev–Trinajstić information content (AvgIpc) is 3.23. The Kier molecular flexibility index (Phi) is 3.20. The van der Waals surface area contributed by atoms with Gasteiger partial charge in [-0.3, -0.25) is 0 Å². The summed E-state index contributed by atoms with van der Waals surface area (Å²) < 4.78 is 7.66. The zero-order chi connectivity index (χ0) is 14.1. The molecule has 3 aromatic heterocycles. The minimum Gasteiger partial charge on any atom is -0.467 e. The molecule has 1 saturated heterocycles. The molecule has 0 aromatic carbocycles. The van der Waals surface area contributed by atoms with Crippen LogP contribution in [0.25, 0.3) is 11.2 Å². The molecule has 21 heavy (non-hydrogen) atoms. The lowest BCUT2D eigenvalue weighted by atomic mass is 10.1. The molecule has 1 atom stereocenters. The second kappa shape index (κ2) is 5.33. The monoisotopic (exact) mass is 282 g/mol. The molecule has 3 aromatic rings. The molecule has 0 saturated carbocycles. The number of fused-ring (bicyclic) bond motifs is 1. The third-order valence-corrected chi connectivity index (χ3v) is 4.07. The predicted molar refractivity (Wildman–Crippen MR) is 80.1 cm³/mol. The van der Waals surface area contributed by atoms with Gasteiger partial charge in [-0.15, -0.1) is 0 Å². The Balaban J connectivity index is 1.73. The van der Waals surface area contributed by atoms with Crippen molar-refractivity contribution in [2.75, 3.05) is 6.54 Å². The van der Waals surface area contributed by atoms with Crippen LogP contribution >= 0.6 is 0 Å². The first-order valence-electron chi connectivity index (χ1n) is 7.46. The van der Waals surface area contributed by atoms with Gasteiger partial charge in [0, 0.05) is 18.7 Å². The molecule has 5 heteroatoms. The van der Waals surface area contributed by atoms with Crippen molar-refractivity contribution in [3.8, 4) is 0 Å². The predicted octanol–water partition coefficient (Wildman–Crippen LogP) is 2.37. The maximum Gasteiger partial charge on any atom is 0.160 e. The van der Waals surface area contributed by atoms with Crippen molar-refractivity contribution in [1.82, 2.24) is 19.9 Å². The molecule has 4 heterocycles. The van der Waals surface area contributed by atoms with Crippen LogP contribution in [0.3, 0.4) is 0 Å². The zero-order valence-corrected chi connectivity index (χ0v) is 11.8. The summed E-state index contributed by atoms with van der Waals surface area (Å²) in [6.45, 7) is 1.80. The van der Waals surface area contributed by atoms with E-state index in [2.05, 4.69) is 14.9 Å². The van der Waals surface area contributed by atoms with Crippen molar-refractivity contribution in [3.63, 3.8) is 0 Å². The van der Waals surface area contributed by atoms with Crippen LogP contribution in [0.4, 0.5) is 0 Å². The van der Waals surface area contributed by atoms with Crippen molar-refractivity contribution in [1.29, 1.82) is 0 Å². The standard InChI is InChI=1S/C16H18N4O/c1-4-12(17-7-1)10-15-19-14-6-2-8-18-16(14)20(15)11-13-5-3-9-21-13/h2-3,5-6,8-9,12,17H,1,4,7,10-11H2. The summed E-state index contributed by atoms with van der Waals surface area (Å²) in [5.41, 5.74) is 1.89. The maximum absolute atomic E-state index is 5.49. The van der Waals surface area contributed by atoms with Gasteiger partial charge in [0.05, 0.1) is 12.8 Å². The fraction of sp³-hybridized carbons (Fsp3) is 0.375. The molecule has 0 aliphatic carbocycles. The van der Waals surface area contributed by atoms with Gasteiger partial charge in [0.2, 0.25) is 0 Å². The van der Waals surface area contributed by atoms with Gasteiger partial charge in [-0.05, 0) is 43.7 Å². The Morgan fingerprint density at radius 1 is 1.33 bits per heavy atom. The third-order valence-electron chi connectivity index (χ3n) is 4.07. The molecule has 1 N–H and O–H groups in total. The van der Waals surface area contributed by atoms with Crippen molar-refractivity contribution < 1.29 is 4.42 Å². The molecular formula is C16H18N4O. The number of nitrogens with one attached hydrogen (secondary N) is 1. The Labute approximate surface area is 123 Å². The minimum atomic E-state index is 0.525. The first-order valence-corrected chi connectivity index (χ1v) is 7.46. The van der Waals surface area contributed by atoms with E-state index in [4.69, 9.17) is 9.40 Å². The molecule has 0 bridgehead atoms. The van der Waals surface area contributed by atoms with Crippen molar-refractivity contribution in [3.05, 3.63) is 48.3 Å². The molecule has 1 aliphatic rings. The molecule has 1 unspecified atom stereocenters. The van der Waals surface area contributed by atoms with Gasteiger partial charge >= 0.3 is 0 Å². The largest absolute Gasteiger partial charge is 0.467 e. The highest BCUT2D eigenvalue weighted by molar-refractivity contribution is 5.71. The highest BCUT2D eigenvalue weighted by Crippen LogP contribution is 2.19. The average molecular weight is 282 g/mol. The smallest absolute Gasteiger partial charge is 0.160 e. The molecular weight excluding hydrogens is 264 g/mol. The van der Waals surface area contributed by atoms with Gasteiger partial charge in [0.25, 0.3) is 0 Å². The lowest BCUT2D eigenvalue weighted by Crippen LogP contribution is -2.25. The Morgan fingerprint density at radius 3 is 3.14 bits per heavy atom. The van der Waals surface area contributed by atoms with E-state index in [1.807, 2.05) is 30.5 Å². The van der Waals surface area contributed by atoms with E-state index in [-0.39, 0.29) is 0 Å². The first-order chi connectivity index (χ1) is 10.4. The molecule has 0 amide bonds. The number of aromatic nitrogens is 3. The van der Waals surface area contributed by atoms with Crippen molar-refractivity contribution >= 4 is 11.2 Å². The zero-order valence-electron chi connectivity index (χ0n) is 11.8. The second-order valence-electron chi connectivity index (χ2n) is 5.54. The summed E-state index contributed by atoms with van der Waals surface area (Å²) in [6.07, 6.45) is 6.94. The molecule has 1 fully saturated rings. The normalized spacial score (nSPS) is 18.6. The van der Waals surface area contributed by atoms with E-state index in [0.717, 1.165) is 35.7 Å². The lowest BCUT2D eigenvalue weighted by Gasteiger charge is -2.11. The van der Waals surface area contributed by atoms with Gasteiger partial charge in [-0.1, -0.05) is 0 Å². The van der Waals surface area contributed by atoms with Gasteiger partial charge in [0.15, 0.2) is 5.65 Å². The Hall–Kier alpha value is -2.14. The number of rotatable bonds is 4. The summed E-state index contributed by atoms with van der Waals surface area (Å²) in [4.78, 5) is 9.27. The summed E-state index contributed by atoms with van der Waals surface area (Å²) in [7, 11) is 0. The number of imidazole rings is 1. The number of hydrogen-bond acceptors (Lipinski definition) is 4. The van der Waals surface area contributed by atoms with E-state index in [9.17, 15) is 0 Å². The molecule has 5 nitrogen and oxygen atoms in total. The van der Waals surface area contributed by atoms with Gasteiger partial charge < -0.3 is 14.3 Å². The highest BCUT2D eigenvalue weighted by atomic mass is 16.3. The molecule has 0 radical (unpaired) electrons. The van der Waals surface area contributed by atoms with Crippen LogP contribution in [-0.4, -0.2) is 27.1 Å². The molecule has 1 aliphatic heterocycles. The Bertz CT molecular complexity index is 726.